The van der Waals surface area contributed by atoms with Crippen LogP contribution in [0, 0.1) is 11.8 Å². The Morgan fingerprint density at radius 3 is 2.56 bits per heavy atom. The summed E-state index contributed by atoms with van der Waals surface area (Å²) in [6.45, 7) is 0.265. The lowest BCUT2D eigenvalue weighted by Gasteiger charge is -2.32. The van der Waals surface area contributed by atoms with Gasteiger partial charge in [-0.1, -0.05) is 36.3 Å². The van der Waals surface area contributed by atoms with Crippen LogP contribution >= 0.6 is 11.3 Å². The highest BCUT2D eigenvalue weighted by molar-refractivity contribution is 7.22. The third kappa shape index (κ3) is 3.64. The molecule has 1 aromatic heterocycles. The summed E-state index contributed by atoms with van der Waals surface area (Å²) in [5, 5.41) is 3.52. The van der Waals surface area contributed by atoms with Crippen molar-refractivity contribution in [3.63, 3.8) is 0 Å². The van der Waals surface area contributed by atoms with Gasteiger partial charge in [0.15, 0.2) is 5.13 Å². The number of hydrogen-bond acceptors (Lipinski definition) is 6. The largest absolute Gasteiger partial charge is 0.497 e. The number of amides is 3. The average Bonchev–Trinajstić information content (AvgIpc) is 3.32. The van der Waals surface area contributed by atoms with Crippen molar-refractivity contribution in [2.45, 2.75) is 25.7 Å². The molecule has 164 valence electrons. The van der Waals surface area contributed by atoms with Crippen LogP contribution in [-0.4, -0.2) is 41.3 Å². The average molecular weight is 450 g/mol. The van der Waals surface area contributed by atoms with Crippen LogP contribution in [0.5, 0.6) is 5.75 Å². The van der Waals surface area contributed by atoms with E-state index in [1.54, 1.807) is 31.4 Å². The SMILES string of the molecule is COc1ccc2nc(NC(=O)C3CCCCC3CN3C(=O)c4ccccc4C3=O)sc2c1. The molecular formula is C24H23N3O4S. The third-order valence-electron chi connectivity index (χ3n) is 6.37. The first-order chi connectivity index (χ1) is 15.5. The fourth-order valence-electron chi connectivity index (χ4n) is 4.69. The molecule has 2 unspecified atom stereocenters. The molecule has 1 saturated carbocycles. The number of aromatic nitrogens is 1. The highest BCUT2D eigenvalue weighted by Crippen LogP contribution is 2.35. The molecule has 8 heteroatoms. The van der Waals surface area contributed by atoms with Crippen LogP contribution in [0.15, 0.2) is 42.5 Å². The minimum absolute atomic E-state index is 0.0690. The third-order valence-corrected chi connectivity index (χ3v) is 7.30. The van der Waals surface area contributed by atoms with Crippen molar-refractivity contribution < 1.29 is 19.1 Å². The van der Waals surface area contributed by atoms with Gasteiger partial charge in [-0.15, -0.1) is 0 Å². The monoisotopic (exact) mass is 449 g/mol. The lowest BCUT2D eigenvalue weighted by atomic mass is 9.78. The Labute approximate surface area is 189 Å². The predicted molar refractivity (Wildman–Crippen MR) is 122 cm³/mol. The van der Waals surface area contributed by atoms with Crippen LogP contribution in [-0.2, 0) is 4.79 Å². The molecule has 0 radical (unpaired) electrons. The molecule has 1 fully saturated rings. The van der Waals surface area contributed by atoms with E-state index in [0.29, 0.717) is 16.3 Å². The molecule has 7 nitrogen and oxygen atoms in total. The number of anilines is 1. The Hall–Kier alpha value is -3.26. The van der Waals surface area contributed by atoms with Gasteiger partial charge in [-0.3, -0.25) is 19.3 Å². The summed E-state index contributed by atoms with van der Waals surface area (Å²) in [5.74, 6) is -0.231. The van der Waals surface area contributed by atoms with Crippen LogP contribution < -0.4 is 10.1 Å². The van der Waals surface area contributed by atoms with E-state index >= 15 is 0 Å². The lowest BCUT2D eigenvalue weighted by Crippen LogP contribution is -2.41. The number of ether oxygens (including phenoxy) is 1. The number of carbonyl (C=O) groups is 3. The van der Waals surface area contributed by atoms with E-state index in [1.807, 2.05) is 18.2 Å². The topological polar surface area (TPSA) is 88.6 Å². The summed E-state index contributed by atoms with van der Waals surface area (Å²) in [5.41, 5.74) is 1.69. The van der Waals surface area contributed by atoms with Gasteiger partial charge in [0.2, 0.25) is 5.91 Å². The Balaban J connectivity index is 1.32. The van der Waals surface area contributed by atoms with E-state index in [4.69, 9.17) is 4.74 Å². The van der Waals surface area contributed by atoms with Gasteiger partial charge in [-0.2, -0.15) is 0 Å². The predicted octanol–water partition coefficient (Wildman–Crippen LogP) is 4.35. The zero-order chi connectivity index (χ0) is 22.2. The van der Waals surface area contributed by atoms with Crippen molar-refractivity contribution in [1.82, 2.24) is 9.88 Å². The minimum Gasteiger partial charge on any atom is -0.497 e. The van der Waals surface area contributed by atoms with Gasteiger partial charge >= 0.3 is 0 Å². The van der Waals surface area contributed by atoms with E-state index in [-0.39, 0.29) is 36.1 Å². The number of rotatable bonds is 5. The second-order valence-corrected chi connectivity index (χ2v) is 9.29. The summed E-state index contributed by atoms with van der Waals surface area (Å²) in [6, 6.07) is 12.5. The zero-order valence-electron chi connectivity index (χ0n) is 17.7. The van der Waals surface area contributed by atoms with E-state index in [0.717, 1.165) is 41.6 Å². The maximum Gasteiger partial charge on any atom is 0.261 e. The molecular weight excluding hydrogens is 426 g/mol. The molecule has 1 N–H and O–H groups in total. The summed E-state index contributed by atoms with van der Waals surface area (Å²) >= 11 is 1.40. The summed E-state index contributed by atoms with van der Waals surface area (Å²) in [4.78, 5) is 44.6. The summed E-state index contributed by atoms with van der Waals surface area (Å²) < 4.78 is 6.19. The number of thiazole rings is 1. The first kappa shape index (κ1) is 20.6. The van der Waals surface area contributed by atoms with Gasteiger partial charge in [0.1, 0.15) is 5.75 Å². The number of imide groups is 1. The molecule has 2 aliphatic rings. The van der Waals surface area contributed by atoms with E-state index in [9.17, 15) is 14.4 Å². The Morgan fingerprint density at radius 2 is 1.84 bits per heavy atom. The van der Waals surface area contributed by atoms with Gasteiger partial charge < -0.3 is 10.1 Å². The number of hydrogen-bond donors (Lipinski definition) is 1. The highest BCUT2D eigenvalue weighted by Gasteiger charge is 2.40. The van der Waals surface area contributed by atoms with Crippen molar-refractivity contribution >= 4 is 44.4 Å². The minimum atomic E-state index is -0.269. The molecule has 1 aliphatic carbocycles. The number of methoxy groups -OCH3 is 1. The molecule has 3 aromatic rings. The smallest absolute Gasteiger partial charge is 0.261 e. The molecule has 5 rings (SSSR count). The van der Waals surface area contributed by atoms with Crippen molar-refractivity contribution in [3.05, 3.63) is 53.6 Å². The quantitative estimate of drug-likeness (QED) is 0.585. The second-order valence-electron chi connectivity index (χ2n) is 8.26. The number of fused-ring (bicyclic) bond motifs is 2. The van der Waals surface area contributed by atoms with Gasteiger partial charge in [0.05, 0.1) is 28.5 Å². The van der Waals surface area contributed by atoms with Crippen molar-refractivity contribution in [2.24, 2.45) is 11.8 Å². The molecule has 32 heavy (non-hydrogen) atoms. The van der Waals surface area contributed by atoms with Crippen LogP contribution in [0.3, 0.4) is 0 Å². The van der Waals surface area contributed by atoms with Crippen LogP contribution in [0.2, 0.25) is 0 Å². The van der Waals surface area contributed by atoms with Gasteiger partial charge in [0.25, 0.3) is 11.8 Å². The fraction of sp³-hybridized carbons (Fsp3) is 0.333. The van der Waals surface area contributed by atoms with Crippen LogP contribution in [0.25, 0.3) is 10.2 Å². The van der Waals surface area contributed by atoms with Gasteiger partial charge in [0, 0.05) is 12.5 Å². The maximum absolute atomic E-state index is 13.2. The van der Waals surface area contributed by atoms with Crippen LogP contribution in [0.4, 0.5) is 5.13 Å². The molecule has 1 aliphatic heterocycles. The van der Waals surface area contributed by atoms with Gasteiger partial charge in [-0.05, 0) is 49.1 Å². The Morgan fingerprint density at radius 1 is 1.12 bits per heavy atom. The number of nitrogens with one attached hydrogen (secondary N) is 1. The zero-order valence-corrected chi connectivity index (χ0v) is 18.5. The highest BCUT2D eigenvalue weighted by atomic mass is 32.1. The Bertz CT molecular complexity index is 1190. The molecule has 3 amide bonds. The molecule has 2 aromatic carbocycles. The lowest BCUT2D eigenvalue weighted by molar-refractivity contribution is -0.122. The molecule has 0 saturated heterocycles. The normalized spacial score (nSPS) is 20.5. The Kier molecular flexibility index (Phi) is 5.38. The number of nitrogens with zero attached hydrogens (tertiary/aromatic N) is 2. The van der Waals surface area contributed by atoms with E-state index < -0.39 is 0 Å². The van der Waals surface area contributed by atoms with Crippen molar-refractivity contribution in [3.8, 4) is 5.75 Å². The molecule has 2 atom stereocenters. The van der Waals surface area contributed by atoms with E-state index in [1.165, 1.54) is 16.2 Å². The standard InChI is InChI=1S/C24H23N3O4S/c1-31-15-10-11-19-20(12-15)32-24(25-19)26-21(28)16-7-3-2-6-14(16)13-27-22(29)17-8-4-5-9-18(17)23(27)30/h4-5,8-12,14,16H,2-3,6-7,13H2,1H3,(H,25,26,28). The number of carbonyl (C=O) groups excluding carboxylic acids is 3. The molecule has 2 heterocycles. The first-order valence-electron chi connectivity index (χ1n) is 10.8. The maximum atomic E-state index is 13.2. The second kappa shape index (κ2) is 8.35. The number of benzene rings is 2. The first-order valence-corrected chi connectivity index (χ1v) is 11.6. The fourth-order valence-corrected chi connectivity index (χ4v) is 5.59. The van der Waals surface area contributed by atoms with Crippen molar-refractivity contribution in [1.29, 1.82) is 0 Å². The van der Waals surface area contributed by atoms with Crippen molar-refractivity contribution in [2.75, 3.05) is 19.0 Å². The van der Waals surface area contributed by atoms with Gasteiger partial charge in [-0.25, -0.2) is 4.98 Å². The summed E-state index contributed by atoms with van der Waals surface area (Å²) in [6.07, 6.45) is 3.48. The molecule has 0 bridgehead atoms. The van der Waals surface area contributed by atoms with E-state index in [2.05, 4.69) is 10.3 Å². The molecule has 0 spiro atoms. The summed E-state index contributed by atoms with van der Waals surface area (Å²) in [7, 11) is 1.61. The van der Waals surface area contributed by atoms with Crippen LogP contribution in [0.1, 0.15) is 46.4 Å².